The zero-order valence-electron chi connectivity index (χ0n) is 7.68. The molecule has 0 bridgehead atoms. The Morgan fingerprint density at radius 2 is 1.19 bits per heavy atom. The van der Waals surface area contributed by atoms with E-state index in [4.69, 9.17) is 0 Å². The van der Waals surface area contributed by atoms with E-state index in [1.165, 1.54) is 18.2 Å². The second kappa shape index (κ2) is 4.15. The minimum absolute atomic E-state index is 0.463. The Labute approximate surface area is 88.6 Å². The first-order chi connectivity index (χ1) is 7.44. The van der Waals surface area contributed by atoms with Crippen molar-refractivity contribution in [1.29, 1.82) is 0 Å². The van der Waals surface area contributed by atoms with Crippen LogP contribution in [0.4, 0.5) is 0 Å². The third-order valence-electron chi connectivity index (χ3n) is 1.92. The van der Waals surface area contributed by atoms with Crippen molar-refractivity contribution in [3.8, 4) is 0 Å². The van der Waals surface area contributed by atoms with Crippen molar-refractivity contribution in [1.82, 2.24) is 0 Å². The molecule has 0 aliphatic heterocycles. The van der Waals surface area contributed by atoms with Gasteiger partial charge in [-0.1, -0.05) is 0 Å². The van der Waals surface area contributed by atoms with Crippen LogP contribution in [0.2, 0.25) is 0 Å². The Morgan fingerprint density at radius 1 is 0.812 bits per heavy atom. The summed E-state index contributed by atoms with van der Waals surface area (Å²) in [4.78, 5) is 32.1. The van der Waals surface area contributed by atoms with Crippen LogP contribution in [0.3, 0.4) is 0 Å². The van der Waals surface area contributed by atoms with Crippen molar-refractivity contribution >= 4 is 13.0 Å². The number of hydrogen-bond acceptors (Lipinski definition) is 6. The van der Waals surface area contributed by atoms with Crippen LogP contribution < -0.4 is 5.30 Å². The van der Waals surface area contributed by atoms with E-state index >= 15 is 0 Å². The van der Waals surface area contributed by atoms with Gasteiger partial charge in [0, 0.05) is 0 Å². The van der Waals surface area contributed by atoms with Crippen molar-refractivity contribution in [2.75, 3.05) is 0 Å². The van der Waals surface area contributed by atoms with Gasteiger partial charge in [0.05, 0.1) is 0 Å². The molecule has 9 nitrogen and oxygen atoms in total. The van der Waals surface area contributed by atoms with Crippen LogP contribution in [0.15, 0.2) is 30.3 Å². The molecule has 0 saturated carbocycles. The first-order valence-electron chi connectivity index (χ1n) is 3.93. The maximum absolute atomic E-state index is 10.7. The summed E-state index contributed by atoms with van der Waals surface area (Å²) in [5.41, 5.74) is 0. The first-order valence-corrected chi connectivity index (χ1v) is 5.77. The Bertz CT molecular complexity index is 413. The van der Waals surface area contributed by atoms with Crippen LogP contribution in [-0.2, 0) is 0 Å². The number of nitro groups is 3. The monoisotopic (exact) mass is 247 g/mol. The third kappa shape index (κ3) is 1.57. The first kappa shape index (κ1) is 11.9. The molecule has 0 unspecified atom stereocenters. The molecule has 1 aromatic carbocycles. The average molecular weight is 247 g/mol. The molecule has 0 atom stereocenters. The van der Waals surface area contributed by atoms with E-state index < -0.39 is 27.1 Å². The predicted octanol–water partition coefficient (Wildman–Crippen LogP) is 0.637. The predicted molar refractivity (Wildman–Crippen MR) is 55.4 cm³/mol. The molecule has 1 aromatic rings. The zero-order valence-corrected chi connectivity index (χ0v) is 8.68. The Balaban J connectivity index is 3.52. The van der Waals surface area contributed by atoms with E-state index in [0.29, 0.717) is 0 Å². The van der Waals surface area contributed by atoms with Gasteiger partial charge < -0.3 is 0 Å². The number of rotatable bonds is 4. The van der Waals surface area contributed by atoms with E-state index in [0.717, 1.165) is 12.1 Å². The van der Waals surface area contributed by atoms with Gasteiger partial charge in [-0.3, -0.25) is 0 Å². The molecule has 1 rings (SSSR count). The van der Waals surface area contributed by atoms with Crippen molar-refractivity contribution in [2.45, 2.75) is 0 Å². The molecule has 0 amide bonds. The topological polar surface area (TPSA) is 129 Å². The minimum atomic E-state index is -5.24. The van der Waals surface area contributed by atoms with Gasteiger partial charge in [0.25, 0.3) is 0 Å². The molecule has 0 N–H and O–H groups in total. The van der Waals surface area contributed by atoms with Gasteiger partial charge in [0.2, 0.25) is 0 Å². The molecular weight excluding hydrogens is 241 g/mol. The van der Waals surface area contributed by atoms with Crippen molar-refractivity contribution in [3.05, 3.63) is 60.7 Å². The Morgan fingerprint density at radius 3 is 1.50 bits per heavy atom. The fraction of sp³-hybridized carbons (Fsp3) is 0. The standard InChI is InChI=1S/C6H6N3O6P/c10-7(11)16(8(12)13,9(14)15)6-4-2-1-3-5-6/h1-5,16H. The summed E-state index contributed by atoms with van der Waals surface area (Å²) >= 11 is 0. The Kier molecular flexibility index (Phi) is 3.09. The van der Waals surface area contributed by atoms with E-state index in [-0.39, 0.29) is 0 Å². The van der Waals surface area contributed by atoms with Crippen molar-refractivity contribution < 1.29 is 14.1 Å². The number of hydrogen-bond donors (Lipinski definition) is 0. The molecular formula is C6H6N3O6P. The number of benzene rings is 1. The molecule has 0 aliphatic rings. The van der Waals surface area contributed by atoms with Crippen LogP contribution in [0, 0.1) is 30.3 Å². The van der Waals surface area contributed by atoms with Gasteiger partial charge in [-0.05, 0) is 0 Å². The van der Waals surface area contributed by atoms with Gasteiger partial charge in [-0.25, -0.2) is 0 Å². The van der Waals surface area contributed by atoms with Crippen molar-refractivity contribution in [2.24, 2.45) is 0 Å². The summed E-state index contributed by atoms with van der Waals surface area (Å²) in [7, 11) is -5.24. The maximum atomic E-state index is 10.7. The van der Waals surface area contributed by atoms with Gasteiger partial charge in [0.1, 0.15) is 0 Å². The van der Waals surface area contributed by atoms with Crippen LogP contribution in [0.25, 0.3) is 0 Å². The third-order valence-corrected chi connectivity index (χ3v) is 4.56. The molecule has 16 heavy (non-hydrogen) atoms. The average Bonchev–Trinajstić information content (AvgIpc) is 2.18. The van der Waals surface area contributed by atoms with E-state index in [1.807, 2.05) is 0 Å². The molecule has 0 radical (unpaired) electrons. The summed E-state index contributed by atoms with van der Waals surface area (Å²) in [5.74, 6) is 0. The van der Waals surface area contributed by atoms with Crippen LogP contribution >= 0.6 is 7.71 Å². The van der Waals surface area contributed by atoms with Gasteiger partial charge in [0.15, 0.2) is 0 Å². The molecule has 0 heterocycles. The van der Waals surface area contributed by atoms with Crippen LogP contribution in [-0.4, -0.2) is 14.1 Å². The number of nitrogens with zero attached hydrogens (tertiary/aromatic N) is 3. The quantitative estimate of drug-likeness (QED) is 0.435. The summed E-state index contributed by atoms with van der Waals surface area (Å²) in [5, 5.41) is 31.6. The SMILES string of the molecule is O=[N+]([O-])[PH](c1ccccc1)([N+](=O)[O-])[N+](=O)[O-]. The van der Waals surface area contributed by atoms with E-state index in [2.05, 4.69) is 0 Å². The van der Waals surface area contributed by atoms with Gasteiger partial charge >= 0.3 is 87.8 Å². The molecule has 0 fully saturated rings. The molecule has 86 valence electrons. The molecule has 10 heteroatoms. The van der Waals surface area contributed by atoms with Crippen molar-refractivity contribution in [3.63, 3.8) is 0 Å². The van der Waals surface area contributed by atoms with Crippen LogP contribution in [0.1, 0.15) is 0 Å². The Hall–Kier alpha value is -2.15. The van der Waals surface area contributed by atoms with E-state index in [1.54, 1.807) is 0 Å². The van der Waals surface area contributed by atoms with Gasteiger partial charge in [-0.2, -0.15) is 0 Å². The summed E-state index contributed by atoms with van der Waals surface area (Å²) in [6.45, 7) is 0. The molecule has 0 aliphatic carbocycles. The van der Waals surface area contributed by atoms with E-state index in [9.17, 15) is 30.3 Å². The summed E-state index contributed by atoms with van der Waals surface area (Å²) in [6, 6.07) is 6.09. The molecule has 0 saturated heterocycles. The van der Waals surface area contributed by atoms with Gasteiger partial charge in [-0.15, -0.1) is 0 Å². The summed E-state index contributed by atoms with van der Waals surface area (Å²) in [6.07, 6.45) is 0. The summed E-state index contributed by atoms with van der Waals surface area (Å²) < 4.78 is -4.16. The normalized spacial score (nSPS) is 11.8. The fourth-order valence-corrected chi connectivity index (χ4v) is 2.85. The molecule has 0 aromatic heterocycles. The molecule has 0 spiro atoms. The fourth-order valence-electron chi connectivity index (χ4n) is 1.18. The van der Waals surface area contributed by atoms with Crippen LogP contribution in [0.5, 0.6) is 0 Å². The second-order valence-electron chi connectivity index (χ2n) is 2.77. The zero-order chi connectivity index (χ0) is 12.3. The second-order valence-corrected chi connectivity index (χ2v) is 5.72.